The average Bonchev–Trinajstić information content (AvgIpc) is 2.84. The van der Waals surface area contributed by atoms with Crippen LogP contribution in [0.1, 0.15) is 55.3 Å². The Hall–Kier alpha value is -2.38. The van der Waals surface area contributed by atoms with Crippen LogP contribution >= 0.6 is 11.6 Å². The van der Waals surface area contributed by atoms with Crippen molar-refractivity contribution >= 4 is 23.3 Å². The number of nitrogens with one attached hydrogen (secondary N) is 1. The van der Waals surface area contributed by atoms with Gasteiger partial charge in [0, 0.05) is 25.2 Å². The number of halogens is 1. The maximum atomic E-state index is 13.6. The SMILES string of the molecule is COc1ccc(CN2CCc3c(ncnc3NC(=O)C34CC5CC(CC(C5)C3)C4)C2)c(Cl)c1OC. The first-order valence-electron chi connectivity index (χ1n) is 12.7. The van der Waals surface area contributed by atoms with Crippen LogP contribution in [0, 0.1) is 23.2 Å². The monoisotopic (exact) mass is 496 g/mol. The van der Waals surface area contributed by atoms with Gasteiger partial charge in [-0.2, -0.15) is 0 Å². The molecular weight excluding hydrogens is 464 g/mol. The van der Waals surface area contributed by atoms with E-state index in [9.17, 15) is 4.79 Å². The molecule has 1 amide bonds. The highest BCUT2D eigenvalue weighted by Crippen LogP contribution is 2.60. The van der Waals surface area contributed by atoms with Gasteiger partial charge in [-0.05, 0) is 74.3 Å². The summed E-state index contributed by atoms with van der Waals surface area (Å²) in [5.74, 6) is 4.30. The smallest absolute Gasteiger partial charge is 0.231 e. The quantitative estimate of drug-likeness (QED) is 0.615. The van der Waals surface area contributed by atoms with E-state index in [1.165, 1.54) is 19.3 Å². The second-order valence-corrected chi connectivity index (χ2v) is 11.4. The van der Waals surface area contributed by atoms with Gasteiger partial charge in [-0.1, -0.05) is 17.7 Å². The molecule has 0 radical (unpaired) electrons. The van der Waals surface area contributed by atoms with Crippen molar-refractivity contribution in [2.75, 3.05) is 26.1 Å². The highest BCUT2D eigenvalue weighted by atomic mass is 35.5. The van der Waals surface area contributed by atoms with Gasteiger partial charge in [0.05, 0.1) is 30.4 Å². The number of carbonyl (C=O) groups excluding carboxylic acids is 1. The molecule has 4 bridgehead atoms. The maximum Gasteiger partial charge on any atom is 0.231 e. The maximum absolute atomic E-state index is 13.6. The van der Waals surface area contributed by atoms with Crippen LogP contribution in [0.3, 0.4) is 0 Å². The predicted octanol–water partition coefficient (Wildman–Crippen LogP) is 4.86. The lowest BCUT2D eigenvalue weighted by Crippen LogP contribution is -2.52. The lowest BCUT2D eigenvalue weighted by atomic mass is 9.49. The first kappa shape index (κ1) is 23.0. The number of carbonyl (C=O) groups is 1. The van der Waals surface area contributed by atoms with Crippen LogP contribution in [0.25, 0.3) is 0 Å². The number of fused-ring (bicyclic) bond motifs is 1. The summed E-state index contributed by atoms with van der Waals surface area (Å²) in [5, 5.41) is 3.84. The van der Waals surface area contributed by atoms with Crippen molar-refractivity contribution in [1.82, 2.24) is 14.9 Å². The lowest BCUT2D eigenvalue weighted by Gasteiger charge is -2.55. The minimum atomic E-state index is -0.183. The summed E-state index contributed by atoms with van der Waals surface area (Å²) >= 11 is 6.62. The molecule has 1 aromatic carbocycles. The van der Waals surface area contributed by atoms with E-state index in [4.69, 9.17) is 21.1 Å². The van der Waals surface area contributed by atoms with Crippen LogP contribution in [0.15, 0.2) is 18.5 Å². The Bertz CT molecular complexity index is 1120. The van der Waals surface area contributed by atoms with E-state index < -0.39 is 0 Å². The summed E-state index contributed by atoms with van der Waals surface area (Å²) in [7, 11) is 3.20. The Balaban J connectivity index is 1.17. The van der Waals surface area contributed by atoms with E-state index in [0.717, 1.165) is 66.8 Å². The van der Waals surface area contributed by atoms with Gasteiger partial charge in [0.1, 0.15) is 12.1 Å². The summed E-state index contributed by atoms with van der Waals surface area (Å²) in [4.78, 5) is 25.0. The number of aromatic nitrogens is 2. The number of ether oxygens (including phenoxy) is 2. The fourth-order valence-electron chi connectivity index (χ4n) is 7.57. The number of benzene rings is 1. The number of anilines is 1. The molecule has 2 aromatic rings. The first-order valence-corrected chi connectivity index (χ1v) is 13.1. The second-order valence-electron chi connectivity index (χ2n) is 11.0. The highest BCUT2D eigenvalue weighted by Gasteiger charge is 2.54. The molecule has 0 unspecified atom stereocenters. The molecule has 186 valence electrons. The van der Waals surface area contributed by atoms with Gasteiger partial charge >= 0.3 is 0 Å². The Morgan fingerprint density at radius 3 is 2.49 bits per heavy atom. The molecule has 4 aliphatic carbocycles. The molecular formula is C27H33ClN4O3. The Morgan fingerprint density at radius 2 is 1.83 bits per heavy atom. The number of methoxy groups -OCH3 is 2. The Kier molecular flexibility index (Phi) is 5.88. The van der Waals surface area contributed by atoms with E-state index in [0.29, 0.717) is 35.4 Å². The summed E-state index contributed by atoms with van der Waals surface area (Å²) in [6, 6.07) is 3.87. The van der Waals surface area contributed by atoms with Crippen molar-refractivity contribution in [2.24, 2.45) is 23.2 Å². The van der Waals surface area contributed by atoms with Crippen molar-refractivity contribution in [3.05, 3.63) is 40.3 Å². The van der Waals surface area contributed by atoms with Crippen molar-refractivity contribution < 1.29 is 14.3 Å². The number of hydrogen-bond donors (Lipinski definition) is 1. The van der Waals surface area contributed by atoms with Crippen LogP contribution in [-0.4, -0.2) is 41.5 Å². The number of amides is 1. The molecule has 35 heavy (non-hydrogen) atoms. The van der Waals surface area contributed by atoms with Crippen LogP contribution in [0.5, 0.6) is 11.5 Å². The Labute approximate surface area is 211 Å². The molecule has 4 saturated carbocycles. The summed E-state index contributed by atoms with van der Waals surface area (Å²) in [5.41, 5.74) is 2.85. The Morgan fingerprint density at radius 1 is 1.11 bits per heavy atom. The molecule has 2 heterocycles. The average molecular weight is 497 g/mol. The van der Waals surface area contributed by atoms with Crippen LogP contribution < -0.4 is 14.8 Å². The van der Waals surface area contributed by atoms with Gasteiger partial charge in [-0.15, -0.1) is 0 Å². The predicted molar refractivity (Wildman–Crippen MR) is 134 cm³/mol. The second kappa shape index (κ2) is 8.93. The van der Waals surface area contributed by atoms with Crippen molar-refractivity contribution in [3.63, 3.8) is 0 Å². The third-order valence-corrected chi connectivity index (χ3v) is 9.21. The van der Waals surface area contributed by atoms with E-state index in [1.807, 2.05) is 12.1 Å². The molecule has 0 saturated heterocycles. The standard InChI is InChI=1S/C27H33ClN4O3/c1-34-22-4-3-19(23(28)24(22)35-2)13-32-6-5-20-21(14-32)29-15-30-25(20)31-26(33)27-10-16-7-17(11-27)9-18(8-16)12-27/h3-4,15-18H,5-14H2,1-2H3,(H,29,30,31,33). The molecule has 1 aromatic heterocycles. The number of rotatable bonds is 6. The van der Waals surface area contributed by atoms with Gasteiger partial charge in [-0.25, -0.2) is 9.97 Å². The minimum Gasteiger partial charge on any atom is -0.493 e. The molecule has 7 rings (SSSR count). The molecule has 4 fully saturated rings. The third-order valence-electron chi connectivity index (χ3n) is 8.80. The fraction of sp³-hybridized carbons (Fsp3) is 0.593. The number of hydrogen-bond acceptors (Lipinski definition) is 6. The zero-order chi connectivity index (χ0) is 24.2. The van der Waals surface area contributed by atoms with E-state index in [1.54, 1.807) is 20.5 Å². The highest BCUT2D eigenvalue weighted by molar-refractivity contribution is 6.33. The fourth-order valence-corrected chi connectivity index (χ4v) is 7.87. The van der Waals surface area contributed by atoms with Crippen molar-refractivity contribution in [1.29, 1.82) is 0 Å². The van der Waals surface area contributed by atoms with Crippen molar-refractivity contribution in [3.8, 4) is 11.5 Å². The number of nitrogens with zero attached hydrogens (tertiary/aromatic N) is 3. The van der Waals surface area contributed by atoms with E-state index in [2.05, 4.69) is 20.2 Å². The van der Waals surface area contributed by atoms with E-state index in [-0.39, 0.29) is 11.3 Å². The summed E-state index contributed by atoms with van der Waals surface area (Å²) in [6.07, 6.45) is 9.52. The zero-order valence-electron chi connectivity index (χ0n) is 20.5. The van der Waals surface area contributed by atoms with Crippen molar-refractivity contribution in [2.45, 2.75) is 58.0 Å². The van der Waals surface area contributed by atoms with E-state index >= 15 is 0 Å². The summed E-state index contributed by atoms with van der Waals surface area (Å²) < 4.78 is 10.8. The third kappa shape index (κ3) is 4.06. The molecule has 7 nitrogen and oxygen atoms in total. The molecule has 5 aliphatic rings. The normalized spacial score (nSPS) is 29.1. The van der Waals surface area contributed by atoms with Gasteiger partial charge < -0.3 is 14.8 Å². The molecule has 1 N–H and O–H groups in total. The van der Waals surface area contributed by atoms with Crippen LogP contribution in [0.2, 0.25) is 5.02 Å². The largest absolute Gasteiger partial charge is 0.493 e. The van der Waals surface area contributed by atoms with Gasteiger partial charge in [0.2, 0.25) is 5.91 Å². The molecule has 0 atom stereocenters. The topological polar surface area (TPSA) is 76.6 Å². The minimum absolute atomic E-state index is 0.183. The van der Waals surface area contributed by atoms with Gasteiger partial charge in [-0.3, -0.25) is 9.69 Å². The lowest BCUT2D eigenvalue weighted by molar-refractivity contribution is -0.140. The van der Waals surface area contributed by atoms with Gasteiger partial charge in [0.15, 0.2) is 11.5 Å². The first-order chi connectivity index (χ1) is 17.0. The summed E-state index contributed by atoms with van der Waals surface area (Å²) in [6.45, 7) is 2.20. The van der Waals surface area contributed by atoms with Crippen LogP contribution in [-0.2, 0) is 24.3 Å². The molecule has 8 heteroatoms. The molecule has 0 spiro atoms. The van der Waals surface area contributed by atoms with Gasteiger partial charge in [0.25, 0.3) is 0 Å². The molecule has 1 aliphatic heterocycles. The van der Waals surface area contributed by atoms with Crippen LogP contribution in [0.4, 0.5) is 5.82 Å². The zero-order valence-corrected chi connectivity index (χ0v) is 21.2.